The van der Waals surface area contributed by atoms with Crippen LogP contribution in [0.1, 0.15) is 27.9 Å². The van der Waals surface area contributed by atoms with Gasteiger partial charge in [0, 0.05) is 25.2 Å². The zero-order chi connectivity index (χ0) is 19.8. The minimum absolute atomic E-state index is 0.0635. The Hall–Kier alpha value is -2.22. The molecule has 150 valence electrons. The quantitative estimate of drug-likeness (QED) is 0.687. The van der Waals surface area contributed by atoms with E-state index in [0.717, 1.165) is 12.8 Å². The van der Waals surface area contributed by atoms with Crippen LogP contribution < -0.4 is 5.32 Å². The van der Waals surface area contributed by atoms with Gasteiger partial charge in [-0.05, 0) is 36.1 Å². The molecule has 0 atom stereocenters. The van der Waals surface area contributed by atoms with Crippen molar-refractivity contribution < 1.29 is 17.9 Å². The number of sulfonamides is 1. The van der Waals surface area contributed by atoms with Crippen molar-refractivity contribution in [2.24, 2.45) is 0 Å². The van der Waals surface area contributed by atoms with Crippen molar-refractivity contribution >= 4 is 15.9 Å². The monoisotopic (exact) mass is 402 g/mol. The van der Waals surface area contributed by atoms with Crippen LogP contribution in [0.3, 0.4) is 0 Å². The summed E-state index contributed by atoms with van der Waals surface area (Å²) in [7, 11) is -3.36. The number of hydrogen-bond acceptors (Lipinski definition) is 4. The molecule has 1 aliphatic rings. The fraction of sp³-hybridized carbons (Fsp3) is 0.381. The average molecular weight is 403 g/mol. The number of hydrogen-bond donors (Lipinski definition) is 1. The molecule has 2 aromatic rings. The maximum atomic E-state index is 12.5. The van der Waals surface area contributed by atoms with Crippen LogP contribution in [0.2, 0.25) is 0 Å². The zero-order valence-corrected chi connectivity index (χ0v) is 16.7. The highest BCUT2D eigenvalue weighted by molar-refractivity contribution is 7.88. The number of benzene rings is 2. The van der Waals surface area contributed by atoms with E-state index in [9.17, 15) is 13.2 Å². The van der Waals surface area contributed by atoms with Crippen molar-refractivity contribution in [3.8, 4) is 0 Å². The first kappa shape index (κ1) is 20.5. The zero-order valence-electron chi connectivity index (χ0n) is 15.8. The van der Waals surface area contributed by atoms with Gasteiger partial charge in [-0.2, -0.15) is 4.31 Å². The predicted molar refractivity (Wildman–Crippen MR) is 109 cm³/mol. The van der Waals surface area contributed by atoms with Gasteiger partial charge in [0.2, 0.25) is 10.0 Å². The highest BCUT2D eigenvalue weighted by Crippen LogP contribution is 2.14. The van der Waals surface area contributed by atoms with Gasteiger partial charge in [0.25, 0.3) is 5.91 Å². The van der Waals surface area contributed by atoms with Gasteiger partial charge in [-0.15, -0.1) is 0 Å². The first-order valence-electron chi connectivity index (χ1n) is 9.51. The number of carbonyl (C=O) groups is 1. The molecular formula is C21H26N2O4S. The van der Waals surface area contributed by atoms with Crippen LogP contribution in [-0.4, -0.2) is 51.5 Å². The number of aryl methyl sites for hydroxylation is 1. The molecule has 6 nitrogen and oxygen atoms in total. The molecule has 0 saturated carbocycles. The van der Waals surface area contributed by atoms with E-state index < -0.39 is 10.0 Å². The molecule has 1 fully saturated rings. The van der Waals surface area contributed by atoms with Crippen LogP contribution in [0, 0.1) is 0 Å². The number of ether oxygens (including phenoxy) is 1. The molecule has 1 aliphatic heterocycles. The van der Waals surface area contributed by atoms with Gasteiger partial charge in [-0.25, -0.2) is 8.42 Å². The second-order valence-electron chi connectivity index (χ2n) is 6.81. The Morgan fingerprint density at radius 2 is 1.64 bits per heavy atom. The molecule has 28 heavy (non-hydrogen) atoms. The minimum atomic E-state index is -3.36. The second kappa shape index (κ2) is 9.82. The third-order valence-corrected chi connectivity index (χ3v) is 6.55. The Bertz CT molecular complexity index is 861. The molecule has 0 unspecified atom stereocenters. The maximum absolute atomic E-state index is 12.5. The van der Waals surface area contributed by atoms with E-state index in [0.29, 0.717) is 44.0 Å². The Morgan fingerprint density at radius 1 is 0.964 bits per heavy atom. The number of carbonyl (C=O) groups excluding carboxylic acids is 1. The van der Waals surface area contributed by atoms with Gasteiger partial charge >= 0.3 is 0 Å². The molecule has 0 aliphatic carbocycles. The SMILES string of the molecule is O=C(NCCCc1ccccc1)c1ccc(CS(=O)(=O)N2CCOCC2)cc1. The van der Waals surface area contributed by atoms with E-state index in [1.807, 2.05) is 18.2 Å². The number of morpholine rings is 1. The largest absolute Gasteiger partial charge is 0.379 e. The second-order valence-corrected chi connectivity index (χ2v) is 8.78. The summed E-state index contributed by atoms with van der Waals surface area (Å²) in [5.41, 5.74) is 2.46. The van der Waals surface area contributed by atoms with Crippen LogP contribution in [-0.2, 0) is 26.9 Å². The van der Waals surface area contributed by atoms with Crippen LogP contribution in [0.15, 0.2) is 54.6 Å². The molecule has 7 heteroatoms. The van der Waals surface area contributed by atoms with Crippen molar-refractivity contribution in [1.29, 1.82) is 0 Å². The van der Waals surface area contributed by atoms with Crippen molar-refractivity contribution in [1.82, 2.24) is 9.62 Å². The summed E-state index contributed by atoms with van der Waals surface area (Å²) >= 11 is 0. The van der Waals surface area contributed by atoms with Crippen molar-refractivity contribution in [2.45, 2.75) is 18.6 Å². The summed E-state index contributed by atoms with van der Waals surface area (Å²) in [6.07, 6.45) is 1.78. The van der Waals surface area contributed by atoms with Crippen LogP contribution in [0.4, 0.5) is 0 Å². The third kappa shape index (κ3) is 5.89. The summed E-state index contributed by atoms with van der Waals surface area (Å²) in [4.78, 5) is 12.2. The third-order valence-electron chi connectivity index (χ3n) is 4.70. The Balaban J connectivity index is 1.47. The molecule has 1 amide bonds. The fourth-order valence-corrected chi connectivity index (χ4v) is 4.62. The normalized spacial score (nSPS) is 15.3. The molecule has 1 saturated heterocycles. The van der Waals surface area contributed by atoms with Crippen molar-refractivity contribution in [2.75, 3.05) is 32.8 Å². The van der Waals surface area contributed by atoms with E-state index in [-0.39, 0.29) is 11.7 Å². The van der Waals surface area contributed by atoms with Gasteiger partial charge in [0.15, 0.2) is 0 Å². The highest BCUT2D eigenvalue weighted by Gasteiger charge is 2.24. The van der Waals surface area contributed by atoms with Crippen LogP contribution >= 0.6 is 0 Å². The first-order valence-corrected chi connectivity index (χ1v) is 11.1. The van der Waals surface area contributed by atoms with Crippen molar-refractivity contribution in [3.63, 3.8) is 0 Å². The van der Waals surface area contributed by atoms with E-state index in [1.54, 1.807) is 24.3 Å². The minimum Gasteiger partial charge on any atom is -0.379 e. The lowest BCUT2D eigenvalue weighted by Gasteiger charge is -2.26. The number of rotatable bonds is 8. The Morgan fingerprint density at radius 3 is 2.32 bits per heavy atom. The summed E-state index contributed by atoms with van der Waals surface area (Å²) in [6, 6.07) is 16.9. The smallest absolute Gasteiger partial charge is 0.251 e. The molecule has 0 bridgehead atoms. The maximum Gasteiger partial charge on any atom is 0.251 e. The summed E-state index contributed by atoms with van der Waals surface area (Å²) in [5, 5.41) is 2.91. The fourth-order valence-electron chi connectivity index (χ4n) is 3.12. The molecule has 3 rings (SSSR count). The molecule has 1 heterocycles. The van der Waals surface area contributed by atoms with Gasteiger partial charge in [-0.3, -0.25) is 4.79 Å². The standard InChI is InChI=1S/C21H26N2O4S/c24-21(22-12-4-7-18-5-2-1-3-6-18)20-10-8-19(9-11-20)17-28(25,26)23-13-15-27-16-14-23/h1-3,5-6,8-11H,4,7,12-17H2,(H,22,24). The predicted octanol–water partition coefficient (Wildman–Crippen LogP) is 2.21. The van der Waals surface area contributed by atoms with Gasteiger partial charge in [-0.1, -0.05) is 42.5 Å². The van der Waals surface area contributed by atoms with Crippen LogP contribution in [0.5, 0.6) is 0 Å². The summed E-state index contributed by atoms with van der Waals surface area (Å²) < 4.78 is 31.6. The van der Waals surface area contributed by atoms with Gasteiger partial charge in [0.1, 0.15) is 0 Å². The van der Waals surface area contributed by atoms with Gasteiger partial charge < -0.3 is 10.1 Å². The lowest BCUT2D eigenvalue weighted by molar-refractivity contribution is 0.0729. The highest BCUT2D eigenvalue weighted by atomic mass is 32.2. The lowest BCUT2D eigenvalue weighted by atomic mass is 10.1. The Kier molecular flexibility index (Phi) is 7.19. The van der Waals surface area contributed by atoms with E-state index in [4.69, 9.17) is 4.74 Å². The summed E-state index contributed by atoms with van der Waals surface area (Å²) in [6.45, 7) is 2.25. The summed E-state index contributed by atoms with van der Waals surface area (Å²) in [5.74, 6) is -0.206. The molecular weight excluding hydrogens is 376 g/mol. The number of nitrogens with one attached hydrogen (secondary N) is 1. The van der Waals surface area contributed by atoms with Gasteiger partial charge in [0.05, 0.1) is 19.0 Å². The first-order chi connectivity index (χ1) is 13.5. The van der Waals surface area contributed by atoms with Crippen molar-refractivity contribution in [3.05, 3.63) is 71.3 Å². The lowest BCUT2D eigenvalue weighted by Crippen LogP contribution is -2.41. The van der Waals surface area contributed by atoms with Crippen LogP contribution in [0.25, 0.3) is 0 Å². The molecule has 1 N–H and O–H groups in total. The molecule has 0 radical (unpaired) electrons. The van der Waals surface area contributed by atoms with E-state index in [1.165, 1.54) is 9.87 Å². The molecule has 0 spiro atoms. The average Bonchev–Trinajstić information content (AvgIpc) is 2.73. The Labute approximate surface area is 166 Å². The van der Waals surface area contributed by atoms with E-state index >= 15 is 0 Å². The number of nitrogens with zero attached hydrogens (tertiary/aromatic N) is 1. The topological polar surface area (TPSA) is 75.7 Å². The molecule has 2 aromatic carbocycles. The number of amides is 1. The molecule has 0 aromatic heterocycles. The van der Waals surface area contributed by atoms with E-state index in [2.05, 4.69) is 17.4 Å².